The van der Waals surface area contributed by atoms with Crippen molar-refractivity contribution in [1.82, 2.24) is 9.97 Å². The molecule has 0 atom stereocenters. The van der Waals surface area contributed by atoms with E-state index in [1.165, 1.54) is 18.1 Å². The van der Waals surface area contributed by atoms with E-state index in [4.69, 9.17) is 0 Å². The fraction of sp³-hybridized carbons (Fsp3) is 0.190. The second-order valence-electron chi connectivity index (χ2n) is 6.47. The van der Waals surface area contributed by atoms with Crippen LogP contribution in [0.2, 0.25) is 0 Å². The zero-order valence-corrected chi connectivity index (χ0v) is 15.9. The summed E-state index contributed by atoms with van der Waals surface area (Å²) in [6, 6.07) is 15.4. The molecule has 1 amide bonds. The van der Waals surface area contributed by atoms with Gasteiger partial charge in [-0.25, -0.2) is 4.98 Å². The van der Waals surface area contributed by atoms with Gasteiger partial charge in [-0.2, -0.15) is 4.98 Å². The summed E-state index contributed by atoms with van der Waals surface area (Å²) in [6.07, 6.45) is 0. The first-order valence-electron chi connectivity index (χ1n) is 8.74. The fourth-order valence-corrected chi connectivity index (χ4v) is 2.68. The number of nitrogens with zero attached hydrogens (tertiary/aromatic N) is 2. The molecule has 0 saturated carbocycles. The van der Waals surface area contributed by atoms with Crippen molar-refractivity contribution in [3.63, 3.8) is 0 Å². The maximum Gasteiger partial charge on any atom is 0.229 e. The van der Waals surface area contributed by atoms with E-state index in [1.807, 2.05) is 49.4 Å². The minimum atomic E-state index is -0.0973. The van der Waals surface area contributed by atoms with Crippen molar-refractivity contribution in [3.05, 3.63) is 65.4 Å². The van der Waals surface area contributed by atoms with Gasteiger partial charge in [0, 0.05) is 35.7 Å². The molecule has 0 aliphatic rings. The highest BCUT2D eigenvalue weighted by Gasteiger charge is 2.06. The molecule has 1 heterocycles. The van der Waals surface area contributed by atoms with Crippen LogP contribution in [0.25, 0.3) is 0 Å². The predicted molar refractivity (Wildman–Crippen MR) is 110 cm³/mol. The van der Waals surface area contributed by atoms with Crippen molar-refractivity contribution in [2.75, 3.05) is 16.0 Å². The molecular formula is C21H23N5O. The molecule has 138 valence electrons. The van der Waals surface area contributed by atoms with Gasteiger partial charge in [0.15, 0.2) is 0 Å². The van der Waals surface area contributed by atoms with Crippen LogP contribution in [0.3, 0.4) is 0 Å². The van der Waals surface area contributed by atoms with Crippen molar-refractivity contribution in [3.8, 4) is 0 Å². The fourth-order valence-electron chi connectivity index (χ4n) is 2.68. The molecule has 0 spiro atoms. The number of hydrogen-bond acceptors (Lipinski definition) is 5. The molecule has 27 heavy (non-hydrogen) atoms. The Balaban J connectivity index is 1.79. The van der Waals surface area contributed by atoms with Gasteiger partial charge >= 0.3 is 0 Å². The summed E-state index contributed by atoms with van der Waals surface area (Å²) >= 11 is 0. The Morgan fingerprint density at radius 1 is 0.889 bits per heavy atom. The SMILES string of the molecule is CC(=O)Nc1ccc(Nc2nc(C)cc(Nc3cccc(C)c3C)n2)cc1. The van der Waals surface area contributed by atoms with Gasteiger partial charge in [-0.1, -0.05) is 12.1 Å². The summed E-state index contributed by atoms with van der Waals surface area (Å²) in [6.45, 7) is 7.59. The van der Waals surface area contributed by atoms with Gasteiger partial charge in [0.1, 0.15) is 5.82 Å². The van der Waals surface area contributed by atoms with E-state index in [9.17, 15) is 4.79 Å². The molecule has 0 aliphatic heterocycles. The normalized spacial score (nSPS) is 10.4. The molecule has 6 nitrogen and oxygen atoms in total. The number of amides is 1. The average molecular weight is 361 g/mol. The number of aryl methyl sites for hydroxylation is 2. The van der Waals surface area contributed by atoms with Crippen molar-refractivity contribution >= 4 is 34.7 Å². The summed E-state index contributed by atoms with van der Waals surface area (Å²) in [5.74, 6) is 1.14. The minimum absolute atomic E-state index is 0.0973. The highest BCUT2D eigenvalue weighted by atomic mass is 16.1. The van der Waals surface area contributed by atoms with Crippen LogP contribution in [0.5, 0.6) is 0 Å². The Labute approximate surface area is 159 Å². The Kier molecular flexibility index (Phi) is 5.35. The molecule has 6 heteroatoms. The van der Waals surface area contributed by atoms with Crippen LogP contribution < -0.4 is 16.0 Å². The largest absolute Gasteiger partial charge is 0.340 e. The molecule has 3 N–H and O–H groups in total. The summed E-state index contributed by atoms with van der Waals surface area (Å²) < 4.78 is 0. The Morgan fingerprint density at radius 2 is 1.59 bits per heavy atom. The summed E-state index contributed by atoms with van der Waals surface area (Å²) in [7, 11) is 0. The van der Waals surface area contributed by atoms with Crippen LogP contribution in [0.4, 0.5) is 28.8 Å². The van der Waals surface area contributed by atoms with Gasteiger partial charge in [-0.15, -0.1) is 0 Å². The third kappa shape index (κ3) is 4.82. The molecule has 0 unspecified atom stereocenters. The van der Waals surface area contributed by atoms with Gasteiger partial charge in [0.2, 0.25) is 11.9 Å². The van der Waals surface area contributed by atoms with E-state index in [0.717, 1.165) is 28.6 Å². The number of benzene rings is 2. The standard InChI is InChI=1S/C21H23N5O/c1-13-6-5-7-19(15(13)3)25-20-12-14(2)22-21(26-20)24-18-10-8-17(9-11-18)23-16(4)27/h5-12H,1-4H3,(H,23,27)(H2,22,24,25,26). The molecule has 2 aromatic carbocycles. The quantitative estimate of drug-likeness (QED) is 0.605. The maximum absolute atomic E-state index is 11.1. The van der Waals surface area contributed by atoms with Crippen LogP contribution in [0, 0.1) is 20.8 Å². The van der Waals surface area contributed by atoms with Crippen LogP contribution in [-0.4, -0.2) is 15.9 Å². The third-order valence-corrected chi connectivity index (χ3v) is 4.18. The monoisotopic (exact) mass is 361 g/mol. The van der Waals surface area contributed by atoms with Crippen molar-refractivity contribution < 1.29 is 4.79 Å². The molecule has 0 aliphatic carbocycles. The van der Waals surface area contributed by atoms with E-state index in [0.29, 0.717) is 5.95 Å². The van der Waals surface area contributed by atoms with Gasteiger partial charge < -0.3 is 16.0 Å². The minimum Gasteiger partial charge on any atom is -0.340 e. The molecule has 0 radical (unpaired) electrons. The van der Waals surface area contributed by atoms with Crippen molar-refractivity contribution in [1.29, 1.82) is 0 Å². The van der Waals surface area contributed by atoms with Crippen LogP contribution in [0.15, 0.2) is 48.5 Å². The highest BCUT2D eigenvalue weighted by molar-refractivity contribution is 5.88. The molecule has 0 fully saturated rings. The Bertz CT molecular complexity index is 967. The van der Waals surface area contributed by atoms with Gasteiger partial charge in [0.05, 0.1) is 0 Å². The topological polar surface area (TPSA) is 78.9 Å². The van der Waals surface area contributed by atoms with E-state index in [2.05, 4.69) is 45.8 Å². The average Bonchev–Trinajstić information content (AvgIpc) is 2.60. The lowest BCUT2D eigenvalue weighted by Crippen LogP contribution is -2.06. The van der Waals surface area contributed by atoms with Crippen molar-refractivity contribution in [2.24, 2.45) is 0 Å². The van der Waals surface area contributed by atoms with Gasteiger partial charge in [0.25, 0.3) is 0 Å². The van der Waals surface area contributed by atoms with Crippen LogP contribution >= 0.6 is 0 Å². The number of hydrogen-bond donors (Lipinski definition) is 3. The molecule has 0 bridgehead atoms. The molecule has 1 aromatic heterocycles. The predicted octanol–water partition coefficient (Wildman–Crippen LogP) is 4.85. The van der Waals surface area contributed by atoms with E-state index in [1.54, 1.807) is 0 Å². The maximum atomic E-state index is 11.1. The van der Waals surface area contributed by atoms with Crippen LogP contribution in [0.1, 0.15) is 23.7 Å². The lowest BCUT2D eigenvalue weighted by molar-refractivity contribution is -0.114. The Hall–Kier alpha value is -3.41. The highest BCUT2D eigenvalue weighted by Crippen LogP contribution is 2.24. The van der Waals surface area contributed by atoms with E-state index in [-0.39, 0.29) is 5.91 Å². The van der Waals surface area contributed by atoms with E-state index < -0.39 is 0 Å². The lowest BCUT2D eigenvalue weighted by Gasteiger charge is -2.13. The number of anilines is 5. The first-order chi connectivity index (χ1) is 12.9. The molecule has 3 aromatic rings. The number of aromatic nitrogens is 2. The number of rotatable bonds is 5. The first kappa shape index (κ1) is 18.4. The van der Waals surface area contributed by atoms with Gasteiger partial charge in [-0.3, -0.25) is 4.79 Å². The number of carbonyl (C=O) groups is 1. The third-order valence-electron chi connectivity index (χ3n) is 4.18. The number of carbonyl (C=O) groups excluding carboxylic acids is 1. The lowest BCUT2D eigenvalue weighted by atomic mass is 10.1. The smallest absolute Gasteiger partial charge is 0.229 e. The zero-order chi connectivity index (χ0) is 19.4. The summed E-state index contributed by atoms with van der Waals surface area (Å²) in [5, 5.41) is 9.32. The van der Waals surface area contributed by atoms with Crippen LogP contribution in [-0.2, 0) is 4.79 Å². The second-order valence-corrected chi connectivity index (χ2v) is 6.47. The summed E-state index contributed by atoms with van der Waals surface area (Å²) in [4.78, 5) is 20.1. The second kappa shape index (κ2) is 7.86. The first-order valence-corrected chi connectivity index (χ1v) is 8.74. The number of nitrogens with one attached hydrogen (secondary N) is 3. The summed E-state index contributed by atoms with van der Waals surface area (Å²) in [5.41, 5.74) is 5.89. The molecular weight excluding hydrogens is 338 g/mol. The molecule has 3 rings (SSSR count). The van der Waals surface area contributed by atoms with Crippen molar-refractivity contribution in [2.45, 2.75) is 27.7 Å². The molecule has 0 saturated heterocycles. The van der Waals surface area contributed by atoms with E-state index >= 15 is 0 Å². The van der Waals surface area contributed by atoms with Gasteiger partial charge in [-0.05, 0) is 62.2 Å². The Morgan fingerprint density at radius 3 is 2.30 bits per heavy atom. The zero-order valence-electron chi connectivity index (χ0n) is 15.9.